The van der Waals surface area contributed by atoms with Gasteiger partial charge in [-0.3, -0.25) is 4.98 Å². The first-order chi connectivity index (χ1) is 8.43. The second-order valence-electron chi connectivity index (χ2n) is 4.15. The molecule has 17 heavy (non-hydrogen) atoms. The van der Waals surface area contributed by atoms with Crippen molar-refractivity contribution < 1.29 is 0 Å². The lowest BCUT2D eigenvalue weighted by Crippen LogP contribution is -1.78. The van der Waals surface area contributed by atoms with E-state index in [9.17, 15) is 0 Å². The third kappa shape index (κ3) is 1.12. The zero-order valence-electron chi connectivity index (χ0n) is 9.07. The molecule has 0 fully saturated rings. The van der Waals surface area contributed by atoms with E-state index in [0.29, 0.717) is 0 Å². The summed E-state index contributed by atoms with van der Waals surface area (Å²) >= 11 is 0. The smallest absolute Gasteiger partial charge is 0.0715 e. The molecule has 4 rings (SSSR count). The summed E-state index contributed by atoms with van der Waals surface area (Å²) in [6.07, 6.45) is 1.82. The Bertz CT molecular complexity index is 837. The van der Waals surface area contributed by atoms with E-state index in [1.807, 2.05) is 24.4 Å². The second-order valence-corrected chi connectivity index (χ2v) is 4.15. The minimum Gasteiger partial charge on any atom is -0.354 e. The molecule has 0 aliphatic heterocycles. The molecule has 2 aromatic carbocycles. The molecule has 0 saturated heterocycles. The molecule has 4 aromatic rings. The molecule has 2 nitrogen and oxygen atoms in total. The zero-order valence-corrected chi connectivity index (χ0v) is 9.07. The molecule has 2 heterocycles. The van der Waals surface area contributed by atoms with Crippen molar-refractivity contribution in [1.82, 2.24) is 9.97 Å². The van der Waals surface area contributed by atoms with Gasteiger partial charge in [-0.2, -0.15) is 0 Å². The number of hydrogen-bond acceptors (Lipinski definition) is 1. The fourth-order valence-corrected chi connectivity index (χ4v) is 2.41. The van der Waals surface area contributed by atoms with E-state index in [2.05, 4.69) is 40.3 Å². The van der Waals surface area contributed by atoms with Crippen LogP contribution in [0.3, 0.4) is 0 Å². The van der Waals surface area contributed by atoms with Crippen LogP contribution in [0.5, 0.6) is 0 Å². The number of hydrogen-bond donors (Lipinski definition) is 1. The first-order valence-corrected chi connectivity index (χ1v) is 5.59. The average molecular weight is 217 g/mol. The van der Waals surface area contributed by atoms with Gasteiger partial charge in [0.05, 0.1) is 11.0 Å². The van der Waals surface area contributed by atoms with Crippen molar-refractivity contribution in [2.24, 2.45) is 0 Å². The molecule has 0 amide bonds. The first-order valence-electron chi connectivity index (χ1n) is 5.59. The fraction of sp³-hybridized carbons (Fsp3) is 0. The van der Waals surface area contributed by atoms with Gasteiger partial charge in [-0.1, -0.05) is 24.3 Å². The van der Waals surface area contributed by atoms with E-state index in [-0.39, 0.29) is 0 Å². The minimum absolute atomic E-state index is 0.991. The number of nitrogens with zero attached hydrogens (tertiary/aromatic N) is 1. The Morgan fingerprint density at radius 3 is 2.88 bits per heavy atom. The largest absolute Gasteiger partial charge is 0.354 e. The van der Waals surface area contributed by atoms with Crippen molar-refractivity contribution in [1.29, 1.82) is 0 Å². The van der Waals surface area contributed by atoms with Crippen LogP contribution in [0.25, 0.3) is 32.7 Å². The lowest BCUT2D eigenvalue weighted by atomic mass is 10.1. The van der Waals surface area contributed by atoms with Gasteiger partial charge in [0, 0.05) is 33.9 Å². The number of para-hydroxylation sites is 1. The average Bonchev–Trinajstić information content (AvgIpc) is 2.77. The molecule has 1 radical (unpaired) electrons. The van der Waals surface area contributed by atoms with Crippen molar-refractivity contribution in [2.45, 2.75) is 0 Å². The Balaban J connectivity index is 2.38. The summed E-state index contributed by atoms with van der Waals surface area (Å²) in [6, 6.07) is 17.6. The van der Waals surface area contributed by atoms with Gasteiger partial charge in [0.2, 0.25) is 0 Å². The van der Waals surface area contributed by atoms with E-state index >= 15 is 0 Å². The Labute approximate surface area is 97.9 Å². The number of aromatic amines is 1. The number of fused-ring (bicyclic) bond motifs is 5. The van der Waals surface area contributed by atoms with Crippen molar-refractivity contribution in [3.8, 4) is 0 Å². The monoisotopic (exact) mass is 217 g/mol. The van der Waals surface area contributed by atoms with Gasteiger partial charge in [-0.25, -0.2) is 0 Å². The molecule has 0 spiro atoms. The number of aromatic nitrogens is 2. The van der Waals surface area contributed by atoms with E-state index < -0.39 is 0 Å². The highest BCUT2D eigenvalue weighted by Gasteiger charge is 2.07. The van der Waals surface area contributed by atoms with Gasteiger partial charge in [0.1, 0.15) is 0 Å². The highest BCUT2D eigenvalue weighted by atomic mass is 14.7. The van der Waals surface area contributed by atoms with Crippen LogP contribution in [0.4, 0.5) is 0 Å². The quantitative estimate of drug-likeness (QED) is 0.478. The molecular weight excluding hydrogens is 208 g/mol. The molecule has 0 bridgehead atoms. The van der Waals surface area contributed by atoms with Crippen LogP contribution in [0, 0.1) is 6.07 Å². The van der Waals surface area contributed by atoms with Crippen molar-refractivity contribution in [3.05, 3.63) is 54.7 Å². The Kier molecular flexibility index (Phi) is 1.59. The first kappa shape index (κ1) is 8.76. The molecule has 79 valence electrons. The SMILES string of the molecule is [c]1cc2ncccc2c2c1[nH]c1ccccc12. The van der Waals surface area contributed by atoms with Gasteiger partial charge in [-0.05, 0) is 18.2 Å². The maximum atomic E-state index is 4.37. The van der Waals surface area contributed by atoms with Gasteiger partial charge < -0.3 is 4.98 Å². The molecule has 0 aliphatic carbocycles. The standard InChI is InChI=1S/C15H9N2/c1-2-6-13-11(4-1)15-10-5-3-9-16-12(10)7-8-14(15)17-13/h1-7,9,17H. The summed E-state index contributed by atoms with van der Waals surface area (Å²) in [5.74, 6) is 0. The number of rotatable bonds is 0. The number of benzene rings is 2. The third-order valence-corrected chi connectivity index (χ3v) is 3.17. The molecule has 1 N–H and O–H groups in total. The van der Waals surface area contributed by atoms with Crippen LogP contribution in [0.2, 0.25) is 0 Å². The van der Waals surface area contributed by atoms with E-state index in [0.717, 1.165) is 16.6 Å². The molecule has 0 saturated carbocycles. The number of nitrogens with one attached hydrogen (secondary N) is 1. The predicted molar refractivity (Wildman–Crippen MR) is 69.9 cm³/mol. The minimum atomic E-state index is 0.991. The second kappa shape index (κ2) is 3.08. The fourth-order valence-electron chi connectivity index (χ4n) is 2.41. The summed E-state index contributed by atoms with van der Waals surface area (Å²) in [7, 11) is 0. The molecule has 0 unspecified atom stereocenters. The summed E-state index contributed by atoms with van der Waals surface area (Å²) in [4.78, 5) is 7.76. The molecule has 0 atom stereocenters. The maximum Gasteiger partial charge on any atom is 0.0715 e. The van der Waals surface area contributed by atoms with Crippen molar-refractivity contribution >= 4 is 32.7 Å². The molecule has 2 aromatic heterocycles. The third-order valence-electron chi connectivity index (χ3n) is 3.17. The normalized spacial score (nSPS) is 11.5. The van der Waals surface area contributed by atoms with Crippen LogP contribution in [-0.4, -0.2) is 9.97 Å². The van der Waals surface area contributed by atoms with Crippen LogP contribution < -0.4 is 0 Å². The maximum absolute atomic E-state index is 4.37. The topological polar surface area (TPSA) is 28.7 Å². The van der Waals surface area contributed by atoms with Crippen molar-refractivity contribution in [3.63, 3.8) is 0 Å². The van der Waals surface area contributed by atoms with Gasteiger partial charge >= 0.3 is 0 Å². The summed E-state index contributed by atoms with van der Waals surface area (Å²) in [5, 5.41) is 3.63. The Morgan fingerprint density at radius 2 is 1.88 bits per heavy atom. The number of pyridine rings is 1. The zero-order chi connectivity index (χ0) is 11.2. The van der Waals surface area contributed by atoms with E-state index in [4.69, 9.17) is 0 Å². The van der Waals surface area contributed by atoms with Gasteiger partial charge in [0.25, 0.3) is 0 Å². The highest BCUT2D eigenvalue weighted by molar-refractivity contribution is 6.19. The number of H-pyrrole nitrogens is 1. The highest BCUT2D eigenvalue weighted by Crippen LogP contribution is 2.30. The molecule has 0 aliphatic rings. The van der Waals surface area contributed by atoms with Crippen LogP contribution >= 0.6 is 0 Å². The lowest BCUT2D eigenvalue weighted by molar-refractivity contribution is 1.42. The summed E-state index contributed by atoms with van der Waals surface area (Å²) in [5.41, 5.74) is 3.19. The Morgan fingerprint density at radius 1 is 1.00 bits per heavy atom. The summed E-state index contributed by atoms with van der Waals surface area (Å²) < 4.78 is 0. The molecular formula is C15H9N2. The molecule has 2 heteroatoms. The summed E-state index contributed by atoms with van der Waals surface area (Å²) in [6.45, 7) is 0. The van der Waals surface area contributed by atoms with E-state index in [1.54, 1.807) is 0 Å². The van der Waals surface area contributed by atoms with Crippen molar-refractivity contribution in [2.75, 3.05) is 0 Å². The Hall–Kier alpha value is -2.35. The van der Waals surface area contributed by atoms with Gasteiger partial charge in [-0.15, -0.1) is 0 Å². The van der Waals surface area contributed by atoms with Gasteiger partial charge in [0.15, 0.2) is 0 Å². The predicted octanol–water partition coefficient (Wildman–Crippen LogP) is 3.67. The lowest BCUT2D eigenvalue weighted by Gasteiger charge is -1.98. The van der Waals surface area contributed by atoms with Crippen LogP contribution in [-0.2, 0) is 0 Å². The van der Waals surface area contributed by atoms with Crippen LogP contribution in [0.1, 0.15) is 0 Å². The van der Waals surface area contributed by atoms with Crippen LogP contribution in [0.15, 0.2) is 48.7 Å². The van der Waals surface area contributed by atoms with E-state index in [1.165, 1.54) is 16.2 Å².